The Morgan fingerprint density at radius 3 is 2.65 bits per heavy atom. The number of rotatable bonds is 8. The molecule has 0 atom stereocenters. The van der Waals surface area contributed by atoms with E-state index < -0.39 is 0 Å². The summed E-state index contributed by atoms with van der Waals surface area (Å²) < 4.78 is 5.90. The summed E-state index contributed by atoms with van der Waals surface area (Å²) in [6, 6.07) is 14.6. The van der Waals surface area contributed by atoms with Crippen molar-refractivity contribution in [1.82, 2.24) is 16.0 Å². The predicted molar refractivity (Wildman–Crippen MR) is 126 cm³/mol. The summed E-state index contributed by atoms with van der Waals surface area (Å²) in [6.45, 7) is 8.12. The van der Waals surface area contributed by atoms with E-state index in [1.165, 1.54) is 5.56 Å². The lowest BCUT2D eigenvalue weighted by atomic mass is 10.1. The minimum Gasteiger partial charge on any atom is -0.493 e. The molecule has 31 heavy (non-hydrogen) atoms. The predicted octanol–water partition coefficient (Wildman–Crippen LogP) is 2.59. The highest BCUT2D eigenvalue weighted by atomic mass is 16.5. The Labute approximate surface area is 184 Å². The first-order valence-electron chi connectivity index (χ1n) is 10.9. The normalized spacial score (nSPS) is 14.2. The fraction of sp³-hybridized carbons (Fsp3) is 0.417. The van der Waals surface area contributed by atoms with Gasteiger partial charge in [-0.2, -0.15) is 0 Å². The van der Waals surface area contributed by atoms with Crippen molar-refractivity contribution in [2.45, 2.75) is 33.4 Å². The number of benzene rings is 2. The second kappa shape index (κ2) is 11.2. The lowest BCUT2D eigenvalue weighted by Gasteiger charge is -2.28. The van der Waals surface area contributed by atoms with Crippen molar-refractivity contribution in [3.05, 3.63) is 59.2 Å². The Bertz CT molecular complexity index is 895. The summed E-state index contributed by atoms with van der Waals surface area (Å²) in [6.07, 6.45) is 0.980. The molecular formula is C24H33N5O2. The van der Waals surface area contributed by atoms with Crippen molar-refractivity contribution in [1.29, 1.82) is 0 Å². The number of hydrogen-bond donors (Lipinski definition) is 3. The fourth-order valence-corrected chi connectivity index (χ4v) is 3.42. The molecule has 2 aromatic rings. The molecule has 3 rings (SSSR count). The van der Waals surface area contributed by atoms with Crippen molar-refractivity contribution in [3.63, 3.8) is 0 Å². The van der Waals surface area contributed by atoms with E-state index >= 15 is 0 Å². The third kappa shape index (κ3) is 6.64. The fourth-order valence-electron chi connectivity index (χ4n) is 3.42. The van der Waals surface area contributed by atoms with Crippen LogP contribution in [0.1, 0.15) is 30.0 Å². The second-order valence-corrected chi connectivity index (χ2v) is 7.68. The van der Waals surface area contributed by atoms with Crippen LogP contribution >= 0.6 is 0 Å². The van der Waals surface area contributed by atoms with Gasteiger partial charge in [-0.15, -0.1) is 0 Å². The van der Waals surface area contributed by atoms with Crippen LogP contribution in [0.3, 0.4) is 0 Å². The smallest absolute Gasteiger partial charge is 0.239 e. The molecule has 1 saturated heterocycles. The molecule has 7 heteroatoms. The summed E-state index contributed by atoms with van der Waals surface area (Å²) in [5.74, 6) is 1.73. The maximum Gasteiger partial charge on any atom is 0.239 e. The van der Waals surface area contributed by atoms with E-state index in [0.29, 0.717) is 32.8 Å². The molecule has 1 amide bonds. The monoisotopic (exact) mass is 423 g/mol. The third-order valence-corrected chi connectivity index (χ3v) is 5.15. The Balaban J connectivity index is 1.52. The van der Waals surface area contributed by atoms with E-state index in [0.717, 1.165) is 41.5 Å². The Morgan fingerprint density at radius 2 is 1.94 bits per heavy atom. The number of carbonyl (C=O) groups excluding carboxylic acids is 1. The van der Waals surface area contributed by atoms with Crippen LogP contribution in [0.15, 0.2) is 47.5 Å². The average molecular weight is 424 g/mol. The molecule has 0 saturated carbocycles. The second-order valence-electron chi connectivity index (χ2n) is 7.68. The molecule has 166 valence electrons. The molecule has 3 N–H and O–H groups in total. The van der Waals surface area contributed by atoms with Gasteiger partial charge in [0, 0.05) is 44.5 Å². The Kier molecular flexibility index (Phi) is 8.15. The zero-order valence-electron chi connectivity index (χ0n) is 18.7. The zero-order chi connectivity index (χ0) is 22.1. The summed E-state index contributed by atoms with van der Waals surface area (Å²) >= 11 is 0. The van der Waals surface area contributed by atoms with Crippen LogP contribution in [0, 0.1) is 6.92 Å². The molecule has 1 aliphatic rings. The van der Waals surface area contributed by atoms with Crippen molar-refractivity contribution >= 4 is 17.6 Å². The zero-order valence-corrected chi connectivity index (χ0v) is 18.7. The van der Waals surface area contributed by atoms with Gasteiger partial charge < -0.3 is 25.6 Å². The standard InChI is InChI=1S/C24H33N5O2/c1-4-13-31-22-14-18(2)5-8-20(22)16-28-24(25-3)27-15-19-6-9-21(10-7-19)29-12-11-26-23(30)17-29/h5-10,14H,4,11-13,15-17H2,1-3H3,(H,26,30)(H2,25,27,28). The molecule has 0 aromatic heterocycles. The molecule has 1 fully saturated rings. The van der Waals surface area contributed by atoms with Crippen molar-refractivity contribution < 1.29 is 9.53 Å². The van der Waals surface area contributed by atoms with Gasteiger partial charge in [0.2, 0.25) is 5.91 Å². The van der Waals surface area contributed by atoms with Gasteiger partial charge >= 0.3 is 0 Å². The van der Waals surface area contributed by atoms with Gasteiger partial charge in [-0.05, 0) is 42.7 Å². The number of aryl methyl sites for hydroxylation is 1. The minimum atomic E-state index is 0.0729. The van der Waals surface area contributed by atoms with Crippen LogP contribution in [0.25, 0.3) is 0 Å². The first-order chi connectivity index (χ1) is 15.1. The van der Waals surface area contributed by atoms with Gasteiger partial charge in [0.05, 0.1) is 13.2 Å². The molecule has 7 nitrogen and oxygen atoms in total. The van der Waals surface area contributed by atoms with Crippen molar-refractivity contribution in [3.8, 4) is 5.75 Å². The van der Waals surface area contributed by atoms with Crippen LogP contribution in [-0.4, -0.2) is 45.2 Å². The number of anilines is 1. The topological polar surface area (TPSA) is 78.0 Å². The first kappa shape index (κ1) is 22.5. The summed E-state index contributed by atoms with van der Waals surface area (Å²) in [5.41, 5.74) is 4.51. The maximum absolute atomic E-state index is 11.6. The first-order valence-corrected chi connectivity index (χ1v) is 10.9. The van der Waals surface area contributed by atoms with E-state index in [-0.39, 0.29) is 5.91 Å². The van der Waals surface area contributed by atoms with Gasteiger partial charge in [0.1, 0.15) is 5.75 Å². The van der Waals surface area contributed by atoms with Gasteiger partial charge in [-0.3, -0.25) is 9.79 Å². The van der Waals surface area contributed by atoms with Crippen LogP contribution in [-0.2, 0) is 17.9 Å². The van der Waals surface area contributed by atoms with Crippen molar-refractivity contribution in [2.24, 2.45) is 4.99 Å². The van der Waals surface area contributed by atoms with Gasteiger partial charge in [0.15, 0.2) is 5.96 Å². The van der Waals surface area contributed by atoms with Crippen LogP contribution < -0.4 is 25.6 Å². The molecule has 1 aliphatic heterocycles. The van der Waals surface area contributed by atoms with Crippen LogP contribution in [0.5, 0.6) is 5.75 Å². The summed E-state index contributed by atoms with van der Waals surface area (Å²) in [4.78, 5) is 18.0. The lowest BCUT2D eigenvalue weighted by Crippen LogP contribution is -2.47. The van der Waals surface area contributed by atoms with Gasteiger partial charge in [-0.1, -0.05) is 31.2 Å². The van der Waals surface area contributed by atoms with Crippen LogP contribution in [0.4, 0.5) is 5.69 Å². The number of nitrogens with zero attached hydrogens (tertiary/aromatic N) is 2. The van der Waals surface area contributed by atoms with E-state index in [1.54, 1.807) is 7.05 Å². The summed E-state index contributed by atoms with van der Waals surface area (Å²) in [5, 5.41) is 9.58. The maximum atomic E-state index is 11.6. The molecule has 0 aliphatic carbocycles. The number of amides is 1. The quantitative estimate of drug-likeness (QED) is 0.449. The highest BCUT2D eigenvalue weighted by Crippen LogP contribution is 2.20. The average Bonchev–Trinajstić information content (AvgIpc) is 2.79. The molecule has 0 unspecified atom stereocenters. The third-order valence-electron chi connectivity index (χ3n) is 5.15. The number of guanidine groups is 1. The van der Waals surface area contributed by atoms with E-state index in [1.807, 2.05) is 0 Å². The number of nitrogens with one attached hydrogen (secondary N) is 3. The molecule has 1 heterocycles. The number of hydrogen-bond acceptors (Lipinski definition) is 4. The summed E-state index contributed by atoms with van der Waals surface area (Å²) in [7, 11) is 1.77. The number of ether oxygens (including phenoxy) is 1. The molecule has 0 bridgehead atoms. The minimum absolute atomic E-state index is 0.0729. The molecule has 2 aromatic carbocycles. The Hall–Kier alpha value is -3.22. The number of aliphatic imine (C=N–C) groups is 1. The van der Waals surface area contributed by atoms with Crippen molar-refractivity contribution in [2.75, 3.05) is 38.2 Å². The highest BCUT2D eigenvalue weighted by Gasteiger charge is 2.16. The van der Waals surface area contributed by atoms with Crippen LogP contribution in [0.2, 0.25) is 0 Å². The Morgan fingerprint density at radius 1 is 1.16 bits per heavy atom. The van der Waals surface area contributed by atoms with E-state index in [4.69, 9.17) is 4.74 Å². The highest BCUT2D eigenvalue weighted by molar-refractivity contribution is 5.82. The van der Waals surface area contributed by atoms with Gasteiger partial charge in [0.25, 0.3) is 0 Å². The van der Waals surface area contributed by atoms with E-state index in [9.17, 15) is 4.79 Å². The molecule has 0 radical (unpaired) electrons. The lowest BCUT2D eigenvalue weighted by molar-refractivity contribution is -0.120. The molecule has 0 spiro atoms. The SMILES string of the molecule is CCCOc1cc(C)ccc1CNC(=NC)NCc1ccc(N2CCNC(=O)C2)cc1. The number of carbonyl (C=O) groups is 1. The van der Waals surface area contributed by atoms with Gasteiger partial charge in [-0.25, -0.2) is 0 Å². The molecular weight excluding hydrogens is 390 g/mol. The number of piperazine rings is 1. The van der Waals surface area contributed by atoms with E-state index in [2.05, 4.69) is 82.2 Å². The largest absolute Gasteiger partial charge is 0.493 e.